The number of ether oxygens (including phenoxy) is 1. The standard InChI is InChI=1S/C13H19NO2/c1-4-12(13(15)14-5-2)16-11-8-6-7-10(3)9-11/h6-9,12H,4-5H2,1-3H3,(H,14,15). The highest BCUT2D eigenvalue weighted by molar-refractivity contribution is 5.80. The van der Waals surface area contributed by atoms with Gasteiger partial charge in [-0.25, -0.2) is 0 Å². The minimum atomic E-state index is -0.401. The first-order valence-corrected chi connectivity index (χ1v) is 5.68. The number of nitrogens with one attached hydrogen (secondary N) is 1. The van der Waals surface area contributed by atoms with Crippen LogP contribution in [0.1, 0.15) is 25.8 Å². The molecule has 0 fully saturated rings. The molecule has 0 saturated carbocycles. The number of carbonyl (C=O) groups excluding carboxylic acids is 1. The highest BCUT2D eigenvalue weighted by Gasteiger charge is 2.16. The number of carbonyl (C=O) groups is 1. The minimum absolute atomic E-state index is 0.0495. The van der Waals surface area contributed by atoms with Crippen LogP contribution in [0.4, 0.5) is 0 Å². The molecule has 3 nitrogen and oxygen atoms in total. The van der Waals surface area contributed by atoms with Gasteiger partial charge in [-0.1, -0.05) is 19.1 Å². The Morgan fingerprint density at radius 3 is 2.75 bits per heavy atom. The van der Waals surface area contributed by atoms with Gasteiger partial charge in [-0.2, -0.15) is 0 Å². The monoisotopic (exact) mass is 221 g/mol. The Labute approximate surface area is 96.8 Å². The van der Waals surface area contributed by atoms with E-state index in [0.717, 1.165) is 11.3 Å². The van der Waals surface area contributed by atoms with Crippen molar-refractivity contribution >= 4 is 5.91 Å². The normalized spacial score (nSPS) is 11.9. The summed E-state index contributed by atoms with van der Waals surface area (Å²) >= 11 is 0. The third-order valence-corrected chi connectivity index (χ3v) is 2.28. The highest BCUT2D eigenvalue weighted by atomic mass is 16.5. The molecule has 1 rings (SSSR count). The summed E-state index contributed by atoms with van der Waals surface area (Å²) in [7, 11) is 0. The molecular formula is C13H19NO2. The van der Waals surface area contributed by atoms with E-state index in [-0.39, 0.29) is 5.91 Å². The van der Waals surface area contributed by atoms with E-state index in [2.05, 4.69) is 5.32 Å². The summed E-state index contributed by atoms with van der Waals surface area (Å²) in [6, 6.07) is 7.73. The van der Waals surface area contributed by atoms with Gasteiger partial charge in [0, 0.05) is 6.54 Å². The molecule has 1 aromatic rings. The van der Waals surface area contributed by atoms with Gasteiger partial charge < -0.3 is 10.1 Å². The summed E-state index contributed by atoms with van der Waals surface area (Å²) in [6.45, 7) is 6.47. The average molecular weight is 221 g/mol. The quantitative estimate of drug-likeness (QED) is 0.828. The lowest BCUT2D eigenvalue weighted by atomic mass is 10.2. The number of amides is 1. The molecule has 0 spiro atoms. The zero-order valence-corrected chi connectivity index (χ0v) is 10.1. The molecule has 1 atom stereocenters. The first kappa shape index (κ1) is 12.6. The van der Waals surface area contributed by atoms with Crippen LogP contribution in [0.5, 0.6) is 5.75 Å². The number of hydrogen-bond acceptors (Lipinski definition) is 2. The van der Waals surface area contributed by atoms with Crippen LogP contribution in [0, 0.1) is 6.92 Å². The summed E-state index contributed by atoms with van der Waals surface area (Å²) < 4.78 is 5.65. The van der Waals surface area contributed by atoms with Gasteiger partial charge in [0.05, 0.1) is 0 Å². The first-order chi connectivity index (χ1) is 7.67. The van der Waals surface area contributed by atoms with Crippen LogP contribution in [0.3, 0.4) is 0 Å². The highest BCUT2D eigenvalue weighted by Crippen LogP contribution is 2.15. The molecule has 0 heterocycles. The van der Waals surface area contributed by atoms with E-state index in [4.69, 9.17) is 4.74 Å². The van der Waals surface area contributed by atoms with Crippen LogP contribution >= 0.6 is 0 Å². The molecular weight excluding hydrogens is 202 g/mol. The van der Waals surface area contributed by atoms with Crippen molar-refractivity contribution in [3.8, 4) is 5.75 Å². The van der Waals surface area contributed by atoms with Gasteiger partial charge in [0.2, 0.25) is 0 Å². The summed E-state index contributed by atoms with van der Waals surface area (Å²) in [5.74, 6) is 0.699. The molecule has 16 heavy (non-hydrogen) atoms. The molecule has 0 aromatic heterocycles. The summed E-state index contributed by atoms with van der Waals surface area (Å²) in [5, 5.41) is 2.77. The van der Waals surface area contributed by atoms with Crippen LogP contribution < -0.4 is 10.1 Å². The molecule has 1 amide bonds. The molecule has 0 aliphatic rings. The Hall–Kier alpha value is -1.51. The second-order valence-corrected chi connectivity index (χ2v) is 3.73. The number of likely N-dealkylation sites (N-methyl/N-ethyl adjacent to an activating group) is 1. The molecule has 0 bridgehead atoms. The van der Waals surface area contributed by atoms with Gasteiger partial charge in [0.25, 0.3) is 5.91 Å². The largest absolute Gasteiger partial charge is 0.481 e. The van der Waals surface area contributed by atoms with Gasteiger partial charge in [0.15, 0.2) is 6.10 Å². The van der Waals surface area contributed by atoms with Crippen molar-refractivity contribution in [3.63, 3.8) is 0 Å². The predicted molar refractivity (Wildman–Crippen MR) is 64.6 cm³/mol. The Bertz CT molecular complexity index is 350. The average Bonchev–Trinajstić information content (AvgIpc) is 2.26. The minimum Gasteiger partial charge on any atom is -0.481 e. The van der Waals surface area contributed by atoms with Gasteiger partial charge >= 0.3 is 0 Å². The topological polar surface area (TPSA) is 38.3 Å². The molecule has 1 unspecified atom stereocenters. The smallest absolute Gasteiger partial charge is 0.261 e. The van der Waals surface area contributed by atoms with Gasteiger partial charge in [-0.05, 0) is 38.0 Å². The summed E-state index contributed by atoms with van der Waals surface area (Å²) in [4.78, 5) is 11.6. The zero-order valence-electron chi connectivity index (χ0n) is 10.1. The molecule has 0 radical (unpaired) electrons. The fourth-order valence-electron chi connectivity index (χ4n) is 1.46. The number of rotatable bonds is 5. The van der Waals surface area contributed by atoms with E-state index < -0.39 is 6.10 Å². The van der Waals surface area contributed by atoms with Crippen molar-refractivity contribution < 1.29 is 9.53 Å². The van der Waals surface area contributed by atoms with Crippen molar-refractivity contribution in [2.75, 3.05) is 6.54 Å². The van der Waals surface area contributed by atoms with E-state index in [1.54, 1.807) is 0 Å². The Balaban J connectivity index is 2.66. The van der Waals surface area contributed by atoms with Crippen molar-refractivity contribution in [2.45, 2.75) is 33.3 Å². The predicted octanol–water partition coefficient (Wildman–Crippen LogP) is 2.29. The Kier molecular flexibility index (Phi) is 4.83. The maximum absolute atomic E-state index is 11.6. The maximum atomic E-state index is 11.6. The van der Waals surface area contributed by atoms with Crippen molar-refractivity contribution in [1.29, 1.82) is 0 Å². The van der Waals surface area contributed by atoms with Crippen LogP contribution in [0.2, 0.25) is 0 Å². The molecule has 1 N–H and O–H groups in total. The van der Waals surface area contributed by atoms with E-state index in [1.165, 1.54) is 0 Å². The third-order valence-electron chi connectivity index (χ3n) is 2.28. The molecule has 0 aliphatic carbocycles. The maximum Gasteiger partial charge on any atom is 0.261 e. The summed E-state index contributed by atoms with van der Waals surface area (Å²) in [5.41, 5.74) is 1.13. The fraction of sp³-hybridized carbons (Fsp3) is 0.462. The molecule has 0 aliphatic heterocycles. The lowest BCUT2D eigenvalue weighted by Crippen LogP contribution is -2.37. The van der Waals surface area contributed by atoms with Crippen LogP contribution in [0.25, 0.3) is 0 Å². The number of hydrogen-bond donors (Lipinski definition) is 1. The second-order valence-electron chi connectivity index (χ2n) is 3.73. The van der Waals surface area contributed by atoms with E-state index in [0.29, 0.717) is 13.0 Å². The van der Waals surface area contributed by atoms with Crippen LogP contribution in [-0.2, 0) is 4.79 Å². The third kappa shape index (κ3) is 3.57. The molecule has 0 saturated heterocycles. The zero-order chi connectivity index (χ0) is 12.0. The van der Waals surface area contributed by atoms with Gasteiger partial charge in [-0.3, -0.25) is 4.79 Å². The van der Waals surface area contributed by atoms with Crippen molar-refractivity contribution in [2.24, 2.45) is 0 Å². The Morgan fingerprint density at radius 2 is 2.19 bits per heavy atom. The van der Waals surface area contributed by atoms with Crippen molar-refractivity contribution in [3.05, 3.63) is 29.8 Å². The SMILES string of the molecule is CCNC(=O)C(CC)Oc1cccc(C)c1. The van der Waals surface area contributed by atoms with Gasteiger partial charge in [0.1, 0.15) is 5.75 Å². The van der Waals surface area contributed by atoms with E-state index in [1.807, 2.05) is 45.0 Å². The molecule has 3 heteroatoms. The van der Waals surface area contributed by atoms with Crippen LogP contribution in [-0.4, -0.2) is 18.6 Å². The van der Waals surface area contributed by atoms with E-state index >= 15 is 0 Å². The number of benzene rings is 1. The lowest BCUT2D eigenvalue weighted by molar-refractivity contribution is -0.128. The van der Waals surface area contributed by atoms with E-state index in [9.17, 15) is 4.79 Å². The molecule has 1 aromatic carbocycles. The Morgan fingerprint density at radius 1 is 1.44 bits per heavy atom. The summed E-state index contributed by atoms with van der Waals surface area (Å²) in [6.07, 6.45) is 0.265. The fourth-order valence-corrected chi connectivity index (χ4v) is 1.46. The first-order valence-electron chi connectivity index (χ1n) is 5.68. The lowest BCUT2D eigenvalue weighted by Gasteiger charge is -2.16. The molecule has 88 valence electrons. The van der Waals surface area contributed by atoms with Crippen molar-refractivity contribution in [1.82, 2.24) is 5.32 Å². The number of aryl methyl sites for hydroxylation is 1. The van der Waals surface area contributed by atoms with Crippen LogP contribution in [0.15, 0.2) is 24.3 Å². The second kappa shape index (κ2) is 6.16. The van der Waals surface area contributed by atoms with Gasteiger partial charge in [-0.15, -0.1) is 0 Å².